The Labute approximate surface area is 184 Å². The Hall–Kier alpha value is -3.12. The minimum atomic E-state index is -3.92. The average molecular weight is 437 g/mol. The third kappa shape index (κ3) is 4.97. The van der Waals surface area contributed by atoms with Gasteiger partial charge in [-0.2, -0.15) is 0 Å². The molecule has 0 radical (unpaired) electrons. The summed E-state index contributed by atoms with van der Waals surface area (Å²) < 4.78 is 28.1. The first-order valence-corrected chi connectivity index (χ1v) is 11.9. The number of anilines is 2. The highest BCUT2D eigenvalue weighted by molar-refractivity contribution is 7.92. The fourth-order valence-electron chi connectivity index (χ4n) is 3.58. The normalized spacial score (nSPS) is 11.2. The highest BCUT2D eigenvalue weighted by Gasteiger charge is 2.28. The first kappa shape index (κ1) is 22.6. The van der Waals surface area contributed by atoms with Crippen LogP contribution in [-0.4, -0.2) is 20.9 Å². The summed E-state index contributed by atoms with van der Waals surface area (Å²) in [6, 6.07) is 21.3. The zero-order chi connectivity index (χ0) is 22.4. The van der Waals surface area contributed by atoms with Crippen LogP contribution in [0.3, 0.4) is 0 Å². The fraction of sp³-hybridized carbons (Fsp3) is 0.240. The van der Waals surface area contributed by atoms with E-state index in [1.807, 2.05) is 51.1 Å². The van der Waals surface area contributed by atoms with Crippen molar-refractivity contribution in [2.75, 3.05) is 16.2 Å². The van der Waals surface area contributed by atoms with Crippen molar-refractivity contribution in [3.8, 4) is 0 Å². The largest absolute Gasteiger partial charge is 0.324 e. The number of carbonyl (C=O) groups is 1. The lowest BCUT2D eigenvalue weighted by molar-refractivity contribution is -0.114. The zero-order valence-corrected chi connectivity index (χ0v) is 18.9. The van der Waals surface area contributed by atoms with Crippen molar-refractivity contribution < 1.29 is 13.2 Å². The monoisotopic (exact) mass is 436 g/mol. The van der Waals surface area contributed by atoms with Gasteiger partial charge in [0.15, 0.2) is 0 Å². The van der Waals surface area contributed by atoms with Crippen molar-refractivity contribution >= 4 is 27.3 Å². The molecule has 0 aliphatic heterocycles. The Balaban J connectivity index is 1.99. The van der Waals surface area contributed by atoms with Crippen molar-refractivity contribution in [3.05, 3.63) is 89.5 Å². The third-order valence-electron chi connectivity index (χ3n) is 5.27. The van der Waals surface area contributed by atoms with Crippen molar-refractivity contribution in [2.24, 2.45) is 0 Å². The molecular weight excluding hydrogens is 408 g/mol. The number of nitrogens with one attached hydrogen (secondary N) is 1. The molecule has 3 rings (SSSR count). The minimum absolute atomic E-state index is 0.147. The molecular formula is C25H28N2O3S. The molecule has 6 heteroatoms. The summed E-state index contributed by atoms with van der Waals surface area (Å²) in [4.78, 5) is 13.3. The van der Waals surface area contributed by atoms with E-state index in [9.17, 15) is 13.2 Å². The maximum atomic E-state index is 13.5. The molecule has 0 saturated heterocycles. The van der Waals surface area contributed by atoms with Gasteiger partial charge in [-0.1, -0.05) is 68.4 Å². The third-order valence-corrected chi connectivity index (χ3v) is 7.04. The smallest absolute Gasteiger partial charge is 0.264 e. The van der Waals surface area contributed by atoms with Gasteiger partial charge in [0, 0.05) is 5.69 Å². The van der Waals surface area contributed by atoms with Gasteiger partial charge in [-0.05, 0) is 54.7 Å². The summed E-state index contributed by atoms with van der Waals surface area (Å²) in [6.07, 6.45) is 1.54. The fourth-order valence-corrected chi connectivity index (χ4v) is 5.08. The Morgan fingerprint density at radius 2 is 1.42 bits per heavy atom. The summed E-state index contributed by atoms with van der Waals surface area (Å²) in [5.41, 5.74) is 4.10. The second-order valence-electron chi connectivity index (χ2n) is 7.32. The van der Waals surface area contributed by atoms with Crippen LogP contribution in [0, 0.1) is 6.92 Å². The number of sulfonamides is 1. The molecule has 0 atom stereocenters. The van der Waals surface area contributed by atoms with Gasteiger partial charge >= 0.3 is 0 Å². The number of carbonyl (C=O) groups excluding carboxylic acids is 1. The summed E-state index contributed by atoms with van der Waals surface area (Å²) in [6.45, 7) is 5.58. The van der Waals surface area contributed by atoms with Gasteiger partial charge < -0.3 is 5.32 Å². The predicted molar refractivity (Wildman–Crippen MR) is 126 cm³/mol. The highest BCUT2D eigenvalue weighted by atomic mass is 32.2. The quantitative estimate of drug-likeness (QED) is 0.543. The van der Waals surface area contributed by atoms with E-state index in [4.69, 9.17) is 0 Å². The SMILES string of the molecule is CCc1cccc(CC)c1NC(=O)CN(c1ccccc1C)S(=O)(=O)c1ccccc1. The van der Waals surface area contributed by atoms with Crippen LogP contribution >= 0.6 is 0 Å². The van der Waals surface area contributed by atoms with Crippen LogP contribution in [0.5, 0.6) is 0 Å². The van der Waals surface area contributed by atoms with E-state index in [0.717, 1.165) is 35.2 Å². The molecule has 1 N–H and O–H groups in total. The zero-order valence-electron chi connectivity index (χ0n) is 18.1. The van der Waals surface area contributed by atoms with Gasteiger partial charge in [-0.3, -0.25) is 9.10 Å². The maximum absolute atomic E-state index is 13.5. The Morgan fingerprint density at radius 3 is 2.00 bits per heavy atom. The molecule has 0 unspecified atom stereocenters. The van der Waals surface area contributed by atoms with Crippen molar-refractivity contribution in [2.45, 2.75) is 38.5 Å². The molecule has 5 nitrogen and oxygen atoms in total. The van der Waals surface area contributed by atoms with Gasteiger partial charge in [0.05, 0.1) is 10.6 Å². The molecule has 0 heterocycles. The number of nitrogens with zero attached hydrogens (tertiary/aromatic N) is 1. The number of para-hydroxylation sites is 2. The number of rotatable bonds is 8. The summed E-state index contributed by atoms with van der Waals surface area (Å²) in [5.74, 6) is -0.377. The Kier molecular flexibility index (Phi) is 7.13. The van der Waals surface area contributed by atoms with Crippen LogP contribution in [0.4, 0.5) is 11.4 Å². The number of hydrogen-bond donors (Lipinski definition) is 1. The first-order valence-electron chi connectivity index (χ1n) is 10.4. The Morgan fingerprint density at radius 1 is 0.839 bits per heavy atom. The average Bonchev–Trinajstić information content (AvgIpc) is 2.78. The maximum Gasteiger partial charge on any atom is 0.264 e. The lowest BCUT2D eigenvalue weighted by Gasteiger charge is -2.26. The predicted octanol–water partition coefficient (Wildman–Crippen LogP) is 4.95. The van der Waals surface area contributed by atoms with E-state index >= 15 is 0 Å². The van der Waals surface area contributed by atoms with Gasteiger partial charge in [0.1, 0.15) is 6.54 Å². The molecule has 0 fully saturated rings. The molecule has 162 valence electrons. The van der Waals surface area contributed by atoms with Crippen LogP contribution in [-0.2, 0) is 27.7 Å². The van der Waals surface area contributed by atoms with Crippen LogP contribution in [0.1, 0.15) is 30.5 Å². The van der Waals surface area contributed by atoms with Crippen LogP contribution < -0.4 is 9.62 Å². The molecule has 3 aromatic rings. The molecule has 31 heavy (non-hydrogen) atoms. The van der Waals surface area contributed by atoms with E-state index in [1.54, 1.807) is 42.5 Å². The van der Waals surface area contributed by atoms with E-state index in [0.29, 0.717) is 5.69 Å². The molecule has 0 aromatic heterocycles. The van der Waals surface area contributed by atoms with Gasteiger partial charge in [-0.25, -0.2) is 8.42 Å². The van der Waals surface area contributed by atoms with Gasteiger partial charge in [-0.15, -0.1) is 0 Å². The lowest BCUT2D eigenvalue weighted by Crippen LogP contribution is -2.38. The van der Waals surface area contributed by atoms with Crippen LogP contribution in [0.25, 0.3) is 0 Å². The van der Waals surface area contributed by atoms with Crippen molar-refractivity contribution in [3.63, 3.8) is 0 Å². The first-order chi connectivity index (χ1) is 14.9. The molecule has 0 bridgehead atoms. The van der Waals surface area contributed by atoms with Gasteiger partial charge in [0.2, 0.25) is 5.91 Å². The molecule has 0 spiro atoms. The van der Waals surface area contributed by atoms with E-state index in [1.165, 1.54) is 4.31 Å². The van der Waals surface area contributed by atoms with Crippen LogP contribution in [0.15, 0.2) is 77.7 Å². The number of hydrogen-bond acceptors (Lipinski definition) is 3. The summed E-state index contributed by atoms with van der Waals surface area (Å²) in [5, 5.41) is 2.98. The summed E-state index contributed by atoms with van der Waals surface area (Å²) in [7, 11) is -3.92. The number of benzene rings is 3. The molecule has 3 aromatic carbocycles. The molecule has 0 aliphatic rings. The van der Waals surface area contributed by atoms with E-state index in [-0.39, 0.29) is 17.3 Å². The van der Waals surface area contributed by atoms with E-state index in [2.05, 4.69) is 5.32 Å². The highest BCUT2D eigenvalue weighted by Crippen LogP contribution is 2.27. The molecule has 0 aliphatic carbocycles. The molecule has 1 amide bonds. The second-order valence-corrected chi connectivity index (χ2v) is 9.18. The summed E-state index contributed by atoms with van der Waals surface area (Å²) >= 11 is 0. The standard InChI is InChI=1S/C25H28N2O3S/c1-4-20-13-11-14-21(5-2)25(20)26-24(28)18-27(23-17-10-9-12-19(23)3)31(29,30)22-15-7-6-8-16-22/h6-17H,4-5,18H2,1-3H3,(H,26,28). The topological polar surface area (TPSA) is 66.5 Å². The van der Waals surface area contributed by atoms with Crippen molar-refractivity contribution in [1.29, 1.82) is 0 Å². The minimum Gasteiger partial charge on any atom is -0.324 e. The van der Waals surface area contributed by atoms with Crippen molar-refractivity contribution in [1.82, 2.24) is 0 Å². The number of aryl methyl sites for hydroxylation is 3. The van der Waals surface area contributed by atoms with Crippen LogP contribution in [0.2, 0.25) is 0 Å². The van der Waals surface area contributed by atoms with Gasteiger partial charge in [0.25, 0.3) is 10.0 Å². The second kappa shape index (κ2) is 9.79. The Bertz CT molecular complexity index is 1140. The number of amides is 1. The van der Waals surface area contributed by atoms with E-state index < -0.39 is 10.0 Å². The lowest BCUT2D eigenvalue weighted by atomic mass is 10.0. The molecule has 0 saturated carbocycles.